The van der Waals surface area contributed by atoms with Crippen LogP contribution in [-0.4, -0.2) is 47.2 Å². The number of nitrogens with zero attached hydrogens (tertiary/aromatic N) is 2. The van der Waals surface area contributed by atoms with Crippen LogP contribution in [0.15, 0.2) is 24.3 Å². The van der Waals surface area contributed by atoms with Crippen LogP contribution in [0.2, 0.25) is 0 Å². The molecule has 2 fully saturated rings. The molecule has 0 N–H and O–H groups in total. The van der Waals surface area contributed by atoms with E-state index in [0.29, 0.717) is 13.0 Å². The fourth-order valence-electron chi connectivity index (χ4n) is 2.31. The summed E-state index contributed by atoms with van der Waals surface area (Å²) in [7, 11) is 0. The van der Waals surface area contributed by atoms with E-state index in [1.165, 1.54) is 24.3 Å². The summed E-state index contributed by atoms with van der Waals surface area (Å²) in [4.78, 5) is 34.6. The summed E-state index contributed by atoms with van der Waals surface area (Å²) in [5.74, 6) is -0.529. The number of fused-ring (bicyclic) bond motifs is 1. The highest BCUT2D eigenvalue weighted by molar-refractivity contribution is 5.89. The first-order chi connectivity index (χ1) is 10.0. The molecule has 2 atom stereocenters. The summed E-state index contributed by atoms with van der Waals surface area (Å²) >= 11 is 0. The first-order valence-electron chi connectivity index (χ1n) is 6.41. The first-order valence-corrected chi connectivity index (χ1v) is 6.41. The number of benzene rings is 1. The van der Waals surface area contributed by atoms with Crippen molar-refractivity contribution in [3.05, 3.63) is 39.9 Å². The number of nitro groups is 1. The fraction of sp³-hybridized carbons (Fsp3) is 0.385. The number of rotatable bonds is 4. The molecule has 2 aliphatic rings. The Balaban J connectivity index is 1.52. The van der Waals surface area contributed by atoms with Gasteiger partial charge in [0.2, 0.25) is 5.91 Å². The van der Waals surface area contributed by atoms with Gasteiger partial charge in [-0.1, -0.05) is 0 Å². The smallest absolute Gasteiger partial charge is 0.338 e. The van der Waals surface area contributed by atoms with Crippen LogP contribution < -0.4 is 0 Å². The fourth-order valence-corrected chi connectivity index (χ4v) is 2.31. The van der Waals surface area contributed by atoms with Gasteiger partial charge in [-0.25, -0.2) is 4.79 Å². The van der Waals surface area contributed by atoms with Gasteiger partial charge < -0.3 is 14.4 Å². The Morgan fingerprint density at radius 2 is 2.14 bits per heavy atom. The van der Waals surface area contributed by atoms with Gasteiger partial charge in [0.15, 0.2) is 0 Å². The van der Waals surface area contributed by atoms with E-state index in [4.69, 9.17) is 9.47 Å². The summed E-state index contributed by atoms with van der Waals surface area (Å²) < 4.78 is 10.6. The standard InChI is InChI=1S/C13H12N2O6/c16-11-5-12-14(11)6-10(21-12)7-20-13(17)8-1-3-9(4-2-8)15(18)19/h1-4,10,12H,5-7H2. The number of carbonyl (C=O) groups is 2. The lowest BCUT2D eigenvalue weighted by Gasteiger charge is -2.31. The number of carbonyl (C=O) groups excluding carboxylic acids is 2. The molecule has 0 aromatic heterocycles. The van der Waals surface area contributed by atoms with Crippen molar-refractivity contribution in [2.75, 3.05) is 13.2 Å². The third-order valence-electron chi connectivity index (χ3n) is 3.48. The van der Waals surface area contributed by atoms with Crippen LogP contribution in [0, 0.1) is 10.1 Å². The van der Waals surface area contributed by atoms with Crippen LogP contribution in [0.4, 0.5) is 5.69 Å². The Morgan fingerprint density at radius 1 is 1.43 bits per heavy atom. The molecule has 21 heavy (non-hydrogen) atoms. The third-order valence-corrected chi connectivity index (χ3v) is 3.48. The number of esters is 1. The van der Waals surface area contributed by atoms with Gasteiger partial charge >= 0.3 is 5.97 Å². The SMILES string of the molecule is O=C(OCC1CN2C(=O)CC2O1)c1ccc([N+](=O)[O-])cc1. The zero-order valence-electron chi connectivity index (χ0n) is 10.9. The molecule has 3 rings (SSSR count). The number of hydrogen-bond acceptors (Lipinski definition) is 6. The molecule has 8 nitrogen and oxygen atoms in total. The van der Waals surface area contributed by atoms with Crippen LogP contribution in [0.5, 0.6) is 0 Å². The van der Waals surface area contributed by atoms with Gasteiger partial charge in [0.05, 0.1) is 23.5 Å². The molecule has 2 unspecified atom stereocenters. The normalized spacial score (nSPS) is 23.4. The lowest BCUT2D eigenvalue weighted by Crippen LogP contribution is -2.48. The lowest BCUT2D eigenvalue weighted by atomic mass is 10.2. The molecule has 1 amide bonds. The van der Waals surface area contributed by atoms with Gasteiger partial charge in [-0.05, 0) is 12.1 Å². The highest BCUT2D eigenvalue weighted by atomic mass is 16.6. The predicted octanol–water partition coefficient (Wildman–Crippen LogP) is 0.709. The molecular formula is C13H12N2O6. The van der Waals surface area contributed by atoms with Crippen molar-refractivity contribution in [1.29, 1.82) is 0 Å². The molecule has 110 valence electrons. The first kappa shape index (κ1) is 13.5. The minimum Gasteiger partial charge on any atom is -0.459 e. The monoisotopic (exact) mass is 292 g/mol. The molecule has 0 radical (unpaired) electrons. The Kier molecular flexibility index (Phi) is 3.30. The molecule has 0 spiro atoms. The molecule has 1 aromatic rings. The number of hydrogen-bond donors (Lipinski definition) is 0. The van der Waals surface area contributed by atoms with E-state index in [1.54, 1.807) is 4.90 Å². The van der Waals surface area contributed by atoms with Gasteiger partial charge in [-0.2, -0.15) is 0 Å². The van der Waals surface area contributed by atoms with Crippen molar-refractivity contribution in [2.45, 2.75) is 18.8 Å². The van der Waals surface area contributed by atoms with Crippen LogP contribution in [0.25, 0.3) is 0 Å². The summed E-state index contributed by atoms with van der Waals surface area (Å²) in [6, 6.07) is 5.17. The largest absolute Gasteiger partial charge is 0.459 e. The van der Waals surface area contributed by atoms with Crippen molar-refractivity contribution in [1.82, 2.24) is 4.90 Å². The van der Waals surface area contributed by atoms with Gasteiger partial charge in [0.25, 0.3) is 5.69 Å². The lowest BCUT2D eigenvalue weighted by molar-refractivity contribution is -0.384. The molecule has 0 aliphatic carbocycles. The summed E-state index contributed by atoms with van der Waals surface area (Å²) in [5, 5.41) is 10.5. The number of β-lactam (4-membered cyclic amide) rings is 1. The Bertz CT molecular complexity index is 599. The molecule has 0 bridgehead atoms. The van der Waals surface area contributed by atoms with Gasteiger partial charge in [-0.15, -0.1) is 0 Å². The van der Waals surface area contributed by atoms with Gasteiger partial charge in [-0.3, -0.25) is 14.9 Å². The van der Waals surface area contributed by atoms with Crippen LogP contribution in [-0.2, 0) is 14.3 Å². The zero-order valence-corrected chi connectivity index (χ0v) is 10.9. The minimum atomic E-state index is -0.575. The number of ether oxygens (including phenoxy) is 2. The molecular weight excluding hydrogens is 280 g/mol. The van der Waals surface area contributed by atoms with Crippen molar-refractivity contribution in [3.63, 3.8) is 0 Å². The minimum absolute atomic E-state index is 0.0456. The van der Waals surface area contributed by atoms with Crippen molar-refractivity contribution < 1.29 is 24.0 Å². The van der Waals surface area contributed by atoms with Gasteiger partial charge in [0.1, 0.15) is 18.9 Å². The molecule has 1 aromatic carbocycles. The number of non-ortho nitro benzene ring substituents is 1. The second-order valence-electron chi connectivity index (χ2n) is 4.87. The van der Waals surface area contributed by atoms with Crippen LogP contribution >= 0.6 is 0 Å². The molecule has 8 heteroatoms. The highest BCUT2D eigenvalue weighted by Crippen LogP contribution is 2.28. The second-order valence-corrected chi connectivity index (χ2v) is 4.87. The van der Waals surface area contributed by atoms with Crippen LogP contribution in [0.3, 0.4) is 0 Å². The molecule has 0 saturated carbocycles. The molecule has 2 aliphatic heterocycles. The Morgan fingerprint density at radius 3 is 2.71 bits per heavy atom. The average molecular weight is 292 g/mol. The van der Waals surface area contributed by atoms with E-state index in [2.05, 4.69) is 0 Å². The summed E-state index contributed by atoms with van der Waals surface area (Å²) in [6.07, 6.45) is -0.115. The van der Waals surface area contributed by atoms with E-state index in [-0.39, 0.29) is 36.1 Å². The van der Waals surface area contributed by atoms with Crippen molar-refractivity contribution in [3.8, 4) is 0 Å². The van der Waals surface area contributed by atoms with Gasteiger partial charge in [0, 0.05) is 12.1 Å². The average Bonchev–Trinajstić information content (AvgIpc) is 2.81. The number of amides is 1. The van der Waals surface area contributed by atoms with E-state index in [0.717, 1.165) is 0 Å². The van der Waals surface area contributed by atoms with E-state index in [9.17, 15) is 19.7 Å². The van der Waals surface area contributed by atoms with Crippen molar-refractivity contribution >= 4 is 17.6 Å². The van der Waals surface area contributed by atoms with Crippen LogP contribution in [0.1, 0.15) is 16.8 Å². The van der Waals surface area contributed by atoms with E-state index in [1.807, 2.05) is 0 Å². The summed E-state index contributed by atoms with van der Waals surface area (Å²) in [6.45, 7) is 0.479. The molecule has 2 saturated heterocycles. The predicted molar refractivity (Wildman–Crippen MR) is 68.4 cm³/mol. The maximum absolute atomic E-state index is 11.8. The number of nitro benzene ring substituents is 1. The second kappa shape index (κ2) is 5.13. The van der Waals surface area contributed by atoms with E-state index < -0.39 is 10.9 Å². The Hall–Kier alpha value is -2.48. The quantitative estimate of drug-likeness (QED) is 0.351. The van der Waals surface area contributed by atoms with Crippen molar-refractivity contribution in [2.24, 2.45) is 0 Å². The van der Waals surface area contributed by atoms with E-state index >= 15 is 0 Å². The highest BCUT2D eigenvalue weighted by Gasteiger charge is 2.45. The Labute approximate surface area is 119 Å². The summed E-state index contributed by atoms with van der Waals surface area (Å²) in [5.41, 5.74) is 0.145. The maximum Gasteiger partial charge on any atom is 0.338 e. The topological polar surface area (TPSA) is 99.0 Å². The zero-order chi connectivity index (χ0) is 15.0. The third kappa shape index (κ3) is 2.57. The maximum atomic E-state index is 11.8. The molecule has 2 heterocycles.